The zero-order chi connectivity index (χ0) is 14.6. The largest absolute Gasteiger partial charge is 0.544 e. The van der Waals surface area contributed by atoms with Crippen molar-refractivity contribution in [3.05, 3.63) is 28.2 Å². The number of carboxylic acids is 1. The minimum Gasteiger partial charge on any atom is -0.544 e. The number of carbonyl (C=O) groups is 2. The number of hydrogen-bond donors (Lipinski definition) is 2. The standard InChI is InChI=1S/C12H14Cl2N2O3/c1-16(2)10(12(18)19)6-11(17)15-7-3-4-8(13)9(14)5-7/h3-5,10H,6H2,1-2H3,(H,15,17)(H,18,19)/t10-/m1/s1. The number of carbonyl (C=O) groups excluding carboxylic acids is 2. The third kappa shape index (κ3) is 4.70. The summed E-state index contributed by atoms with van der Waals surface area (Å²) in [4.78, 5) is 23.2. The van der Waals surface area contributed by atoms with Crippen LogP contribution in [-0.2, 0) is 9.59 Å². The van der Waals surface area contributed by atoms with Crippen molar-refractivity contribution in [2.75, 3.05) is 19.4 Å². The lowest BCUT2D eigenvalue weighted by atomic mass is 10.2. The smallest absolute Gasteiger partial charge is 0.230 e. The third-order valence-corrected chi connectivity index (χ3v) is 3.31. The van der Waals surface area contributed by atoms with Crippen LogP contribution in [0.2, 0.25) is 10.0 Å². The number of hydrogen-bond acceptors (Lipinski definition) is 3. The number of carboxylic acid groups (broad SMARTS) is 1. The first-order valence-electron chi connectivity index (χ1n) is 5.57. The second kappa shape index (κ2) is 6.75. The number of rotatable bonds is 5. The molecule has 0 fully saturated rings. The summed E-state index contributed by atoms with van der Waals surface area (Å²) in [5, 5.41) is 14.1. The van der Waals surface area contributed by atoms with Gasteiger partial charge in [0, 0.05) is 5.69 Å². The molecule has 1 rings (SSSR count). The van der Waals surface area contributed by atoms with Gasteiger partial charge in [-0.05, 0) is 18.2 Å². The van der Waals surface area contributed by atoms with E-state index in [0.29, 0.717) is 20.6 Å². The van der Waals surface area contributed by atoms with E-state index in [4.69, 9.17) is 23.2 Å². The molecule has 0 aliphatic rings. The van der Waals surface area contributed by atoms with Crippen LogP contribution in [-0.4, -0.2) is 32.0 Å². The number of benzene rings is 1. The molecule has 0 unspecified atom stereocenters. The van der Waals surface area contributed by atoms with E-state index in [1.807, 2.05) is 0 Å². The molecule has 104 valence electrons. The van der Waals surface area contributed by atoms with Crippen molar-refractivity contribution in [3.8, 4) is 0 Å². The summed E-state index contributed by atoms with van der Waals surface area (Å²) in [7, 11) is 3.29. The highest BCUT2D eigenvalue weighted by Gasteiger charge is 2.20. The first-order valence-corrected chi connectivity index (χ1v) is 6.32. The molecule has 2 N–H and O–H groups in total. The van der Waals surface area contributed by atoms with Crippen LogP contribution in [0.3, 0.4) is 0 Å². The lowest BCUT2D eigenvalue weighted by Crippen LogP contribution is -3.12. The van der Waals surface area contributed by atoms with Crippen LogP contribution in [0.25, 0.3) is 0 Å². The van der Waals surface area contributed by atoms with Crippen LogP contribution in [0.15, 0.2) is 18.2 Å². The van der Waals surface area contributed by atoms with Gasteiger partial charge in [0.05, 0.1) is 36.5 Å². The minimum absolute atomic E-state index is 0.176. The first-order chi connectivity index (χ1) is 8.81. The van der Waals surface area contributed by atoms with Gasteiger partial charge < -0.3 is 20.1 Å². The topological polar surface area (TPSA) is 73.7 Å². The molecule has 1 aromatic carbocycles. The molecule has 1 aromatic rings. The van der Waals surface area contributed by atoms with Crippen molar-refractivity contribution in [1.29, 1.82) is 0 Å². The summed E-state index contributed by atoms with van der Waals surface area (Å²) in [5.74, 6) is -1.68. The molecule has 0 radical (unpaired) electrons. The SMILES string of the molecule is C[NH+](C)[C@H](CC(=O)Nc1ccc(Cl)c(Cl)c1)C(=O)[O-]. The number of halogens is 2. The van der Waals surface area contributed by atoms with E-state index in [1.54, 1.807) is 26.2 Å². The lowest BCUT2D eigenvalue weighted by Gasteiger charge is -2.21. The molecule has 7 heteroatoms. The normalized spacial score (nSPS) is 12.3. The van der Waals surface area contributed by atoms with Gasteiger partial charge in [0.1, 0.15) is 6.04 Å². The molecule has 0 aliphatic heterocycles. The molecule has 19 heavy (non-hydrogen) atoms. The van der Waals surface area contributed by atoms with Crippen molar-refractivity contribution in [1.82, 2.24) is 0 Å². The molecule has 5 nitrogen and oxygen atoms in total. The van der Waals surface area contributed by atoms with Crippen molar-refractivity contribution in [3.63, 3.8) is 0 Å². The highest BCUT2D eigenvalue weighted by Crippen LogP contribution is 2.24. The van der Waals surface area contributed by atoms with E-state index in [1.165, 1.54) is 6.07 Å². The molecule has 0 saturated carbocycles. The van der Waals surface area contributed by atoms with Crippen LogP contribution < -0.4 is 15.3 Å². The first kappa shape index (κ1) is 15.8. The number of nitrogens with one attached hydrogen (secondary N) is 2. The fourth-order valence-corrected chi connectivity index (χ4v) is 1.79. The molecule has 1 atom stereocenters. The van der Waals surface area contributed by atoms with Gasteiger partial charge in [0.15, 0.2) is 0 Å². The molecular weight excluding hydrogens is 291 g/mol. The fourth-order valence-electron chi connectivity index (χ4n) is 1.49. The predicted molar refractivity (Wildman–Crippen MR) is 71.3 cm³/mol. The highest BCUT2D eigenvalue weighted by atomic mass is 35.5. The van der Waals surface area contributed by atoms with Crippen molar-refractivity contribution in [2.24, 2.45) is 0 Å². The van der Waals surface area contributed by atoms with Gasteiger partial charge in [-0.25, -0.2) is 0 Å². The molecule has 0 spiro atoms. The third-order valence-electron chi connectivity index (χ3n) is 2.57. The summed E-state index contributed by atoms with van der Waals surface area (Å²) in [6, 6.07) is 3.73. The second-order valence-corrected chi connectivity index (χ2v) is 5.14. The van der Waals surface area contributed by atoms with E-state index < -0.39 is 17.9 Å². The maximum Gasteiger partial charge on any atom is 0.230 e. The Bertz CT molecular complexity index is 492. The maximum atomic E-state index is 11.7. The monoisotopic (exact) mass is 304 g/mol. The van der Waals surface area contributed by atoms with Crippen LogP contribution in [0.4, 0.5) is 5.69 Å². The minimum atomic E-state index is -1.26. The molecule has 0 saturated heterocycles. The van der Waals surface area contributed by atoms with Crippen LogP contribution in [0.1, 0.15) is 6.42 Å². The Kier molecular flexibility index (Phi) is 5.60. The Morgan fingerprint density at radius 2 is 1.95 bits per heavy atom. The van der Waals surface area contributed by atoms with E-state index in [0.717, 1.165) is 0 Å². The van der Waals surface area contributed by atoms with Crippen LogP contribution in [0.5, 0.6) is 0 Å². The van der Waals surface area contributed by atoms with E-state index in [-0.39, 0.29) is 6.42 Å². The second-order valence-electron chi connectivity index (χ2n) is 4.33. The number of likely N-dealkylation sites (N-methyl/N-ethyl adjacent to an activating group) is 1. The maximum absolute atomic E-state index is 11.7. The Morgan fingerprint density at radius 1 is 1.32 bits per heavy atom. The van der Waals surface area contributed by atoms with Gasteiger partial charge >= 0.3 is 0 Å². The average molecular weight is 305 g/mol. The Balaban J connectivity index is 2.69. The van der Waals surface area contributed by atoms with E-state index >= 15 is 0 Å². The van der Waals surface area contributed by atoms with Gasteiger partial charge in [-0.1, -0.05) is 23.2 Å². The number of amides is 1. The molecule has 0 aromatic heterocycles. The molecule has 0 bridgehead atoms. The number of anilines is 1. The van der Waals surface area contributed by atoms with Crippen molar-refractivity contribution >= 4 is 40.8 Å². The molecule has 0 heterocycles. The summed E-state index contributed by atoms with van der Waals surface area (Å²) < 4.78 is 0. The zero-order valence-corrected chi connectivity index (χ0v) is 12.0. The number of aliphatic carboxylic acids is 1. The highest BCUT2D eigenvalue weighted by molar-refractivity contribution is 6.42. The van der Waals surface area contributed by atoms with E-state index in [2.05, 4.69) is 5.32 Å². The van der Waals surface area contributed by atoms with Crippen LogP contribution in [0, 0.1) is 0 Å². The number of quaternary nitrogens is 1. The summed E-state index contributed by atoms with van der Waals surface area (Å²) in [6.45, 7) is 0. The average Bonchev–Trinajstić information content (AvgIpc) is 2.30. The lowest BCUT2D eigenvalue weighted by molar-refractivity contribution is -0.878. The van der Waals surface area contributed by atoms with Crippen molar-refractivity contribution in [2.45, 2.75) is 12.5 Å². The van der Waals surface area contributed by atoms with Crippen molar-refractivity contribution < 1.29 is 19.6 Å². The molecule has 1 amide bonds. The fraction of sp³-hybridized carbons (Fsp3) is 0.333. The summed E-state index contributed by atoms with van der Waals surface area (Å²) in [6.07, 6.45) is -0.176. The van der Waals surface area contributed by atoms with Gasteiger partial charge in [0.25, 0.3) is 0 Å². The zero-order valence-electron chi connectivity index (χ0n) is 10.5. The summed E-state index contributed by atoms with van der Waals surface area (Å²) >= 11 is 11.6. The van der Waals surface area contributed by atoms with Gasteiger partial charge in [-0.2, -0.15) is 0 Å². The van der Waals surface area contributed by atoms with Crippen LogP contribution >= 0.6 is 23.2 Å². The Morgan fingerprint density at radius 3 is 2.42 bits per heavy atom. The molecular formula is C12H14Cl2N2O3. The van der Waals surface area contributed by atoms with Gasteiger partial charge in [-0.15, -0.1) is 0 Å². The Labute approximate surface area is 121 Å². The van der Waals surface area contributed by atoms with Gasteiger partial charge in [-0.3, -0.25) is 4.79 Å². The van der Waals surface area contributed by atoms with Gasteiger partial charge in [0.2, 0.25) is 5.91 Å². The Hall–Kier alpha value is -1.30. The molecule has 0 aliphatic carbocycles. The predicted octanol–water partition coefficient (Wildman–Crippen LogP) is -0.415. The quantitative estimate of drug-likeness (QED) is 0.776. The van der Waals surface area contributed by atoms with E-state index in [9.17, 15) is 14.7 Å². The summed E-state index contributed by atoms with van der Waals surface area (Å²) in [5.41, 5.74) is 0.463.